The van der Waals surface area contributed by atoms with Crippen molar-refractivity contribution in [1.29, 1.82) is 0 Å². The molecule has 0 amide bonds. The average Bonchev–Trinajstić information content (AvgIpc) is 3.10. The summed E-state index contributed by atoms with van der Waals surface area (Å²) in [4.78, 5) is 13.4. The molecule has 3 atom stereocenters. The first-order chi connectivity index (χ1) is 9.24. The molecule has 1 N–H and O–H groups in total. The maximum atomic E-state index is 11.3. The topological polar surface area (TPSA) is 96.5 Å². The van der Waals surface area contributed by atoms with Crippen LogP contribution in [0.5, 0.6) is 0 Å². The zero-order chi connectivity index (χ0) is 13.0. The van der Waals surface area contributed by atoms with Crippen molar-refractivity contribution in [2.45, 2.75) is 31.3 Å². The van der Waals surface area contributed by atoms with Crippen molar-refractivity contribution in [3.63, 3.8) is 0 Å². The Balaban J connectivity index is 1.74. The van der Waals surface area contributed by atoms with Gasteiger partial charge in [-0.2, -0.15) is 0 Å². The van der Waals surface area contributed by atoms with E-state index in [4.69, 9.17) is 0 Å². The van der Waals surface area contributed by atoms with E-state index in [1.165, 1.54) is 4.63 Å². The Morgan fingerprint density at radius 3 is 3.05 bits per heavy atom. The summed E-state index contributed by atoms with van der Waals surface area (Å²) in [7, 11) is 0. The molecular weight excluding hydrogens is 248 g/mol. The summed E-state index contributed by atoms with van der Waals surface area (Å²) in [5.74, 6) is -0.234. The molecule has 2 aromatic rings. The number of hydrogen-bond donors (Lipinski definition) is 1. The number of anilines is 1. The summed E-state index contributed by atoms with van der Waals surface area (Å²) in [6.07, 6.45) is 2.65. The quantitative estimate of drug-likeness (QED) is 0.809. The molecule has 2 fully saturated rings. The highest BCUT2D eigenvalue weighted by Gasteiger charge is 2.49. The van der Waals surface area contributed by atoms with Gasteiger partial charge in [0.25, 0.3) is 0 Å². The van der Waals surface area contributed by atoms with Crippen LogP contribution in [-0.4, -0.2) is 48.4 Å². The van der Waals surface area contributed by atoms with Gasteiger partial charge in [-0.05, 0) is 41.8 Å². The SMILES string of the molecule is O=C(O)C1CC2CCC1N2c1ccc2nnnn2n1. The molecule has 2 aliphatic heterocycles. The van der Waals surface area contributed by atoms with Crippen LogP contribution in [0.15, 0.2) is 12.1 Å². The van der Waals surface area contributed by atoms with E-state index in [1.807, 2.05) is 6.07 Å². The second kappa shape index (κ2) is 3.62. The lowest BCUT2D eigenvalue weighted by Crippen LogP contribution is -2.33. The van der Waals surface area contributed by atoms with Crippen LogP contribution in [0.2, 0.25) is 0 Å². The number of nitrogens with zero attached hydrogens (tertiary/aromatic N) is 6. The number of carboxylic acids is 1. The predicted octanol–water partition coefficient (Wildman–Crippen LogP) is -0.0388. The molecule has 4 rings (SSSR count). The molecule has 8 heteroatoms. The van der Waals surface area contributed by atoms with Crippen LogP contribution in [0.4, 0.5) is 5.82 Å². The second-order valence-corrected chi connectivity index (χ2v) is 5.10. The third kappa shape index (κ3) is 1.42. The van der Waals surface area contributed by atoms with Gasteiger partial charge < -0.3 is 10.0 Å². The van der Waals surface area contributed by atoms with Crippen molar-refractivity contribution in [2.75, 3.05) is 4.90 Å². The highest BCUT2D eigenvalue weighted by molar-refractivity contribution is 5.73. The third-order valence-corrected chi connectivity index (χ3v) is 4.17. The maximum absolute atomic E-state index is 11.3. The molecule has 19 heavy (non-hydrogen) atoms. The lowest BCUT2D eigenvalue weighted by Gasteiger charge is -2.23. The van der Waals surface area contributed by atoms with Crippen LogP contribution >= 0.6 is 0 Å². The monoisotopic (exact) mass is 260 g/mol. The van der Waals surface area contributed by atoms with E-state index in [-0.39, 0.29) is 18.0 Å². The van der Waals surface area contributed by atoms with Crippen molar-refractivity contribution in [3.05, 3.63) is 12.1 Å². The zero-order valence-electron chi connectivity index (χ0n) is 10.0. The number of hydrogen-bond acceptors (Lipinski definition) is 6. The molecule has 2 saturated heterocycles. The number of carboxylic acid groups (broad SMARTS) is 1. The van der Waals surface area contributed by atoms with Crippen molar-refractivity contribution >= 4 is 17.4 Å². The van der Waals surface area contributed by atoms with Crippen LogP contribution in [-0.2, 0) is 4.79 Å². The van der Waals surface area contributed by atoms with Gasteiger partial charge in [0, 0.05) is 12.1 Å². The second-order valence-electron chi connectivity index (χ2n) is 5.10. The van der Waals surface area contributed by atoms with Gasteiger partial charge in [-0.15, -0.1) is 14.8 Å². The number of tetrazole rings is 1. The molecule has 98 valence electrons. The molecule has 8 nitrogen and oxygen atoms in total. The number of aromatic nitrogens is 5. The minimum atomic E-state index is -0.708. The number of carbonyl (C=O) groups is 1. The molecule has 0 aliphatic carbocycles. The van der Waals surface area contributed by atoms with Crippen LogP contribution in [0.25, 0.3) is 5.65 Å². The minimum absolute atomic E-state index is 0.0453. The van der Waals surface area contributed by atoms with Gasteiger partial charge in [0.05, 0.1) is 5.92 Å². The van der Waals surface area contributed by atoms with Gasteiger partial charge in [-0.1, -0.05) is 0 Å². The third-order valence-electron chi connectivity index (χ3n) is 4.17. The predicted molar refractivity (Wildman–Crippen MR) is 63.6 cm³/mol. The molecule has 0 spiro atoms. The van der Waals surface area contributed by atoms with Crippen LogP contribution in [0, 0.1) is 5.92 Å². The Labute approximate surface area is 108 Å². The summed E-state index contributed by atoms with van der Waals surface area (Å²) < 4.78 is 1.38. The standard InChI is InChI=1S/C11H12N6O2/c18-11(19)7-5-6-1-2-8(7)16(6)10-4-3-9-12-14-15-17(9)13-10/h3-4,6-8H,1-2,5H2,(H,18,19). The maximum Gasteiger partial charge on any atom is 0.308 e. The largest absolute Gasteiger partial charge is 0.481 e. The lowest BCUT2D eigenvalue weighted by molar-refractivity contribution is -0.142. The first-order valence-corrected chi connectivity index (χ1v) is 6.30. The Bertz CT molecular complexity index is 655. The summed E-state index contributed by atoms with van der Waals surface area (Å²) in [5, 5.41) is 24.8. The smallest absolute Gasteiger partial charge is 0.308 e. The Morgan fingerprint density at radius 1 is 1.37 bits per heavy atom. The fourth-order valence-electron chi connectivity index (χ4n) is 3.39. The van der Waals surface area contributed by atoms with Crippen LogP contribution in [0.1, 0.15) is 19.3 Å². The normalized spacial score (nSPS) is 29.3. The molecule has 3 unspecified atom stereocenters. The van der Waals surface area contributed by atoms with Crippen LogP contribution < -0.4 is 4.90 Å². The zero-order valence-corrected chi connectivity index (χ0v) is 10.0. The van der Waals surface area contributed by atoms with E-state index in [2.05, 4.69) is 25.5 Å². The van der Waals surface area contributed by atoms with Crippen molar-refractivity contribution in [1.82, 2.24) is 25.3 Å². The molecule has 2 bridgehead atoms. The van der Waals surface area contributed by atoms with Crippen molar-refractivity contribution in [2.24, 2.45) is 5.92 Å². The summed E-state index contributed by atoms with van der Waals surface area (Å²) in [6, 6.07) is 3.98. The van der Waals surface area contributed by atoms with Gasteiger partial charge in [-0.3, -0.25) is 4.79 Å². The van der Waals surface area contributed by atoms with E-state index >= 15 is 0 Å². The first kappa shape index (κ1) is 10.7. The van der Waals surface area contributed by atoms with Crippen molar-refractivity contribution < 1.29 is 9.90 Å². The Hall–Kier alpha value is -2.25. The van der Waals surface area contributed by atoms with Crippen molar-refractivity contribution in [3.8, 4) is 0 Å². The fraction of sp³-hybridized carbons (Fsp3) is 0.545. The fourth-order valence-corrected chi connectivity index (χ4v) is 3.39. The minimum Gasteiger partial charge on any atom is -0.481 e. The van der Waals surface area contributed by atoms with Gasteiger partial charge >= 0.3 is 5.97 Å². The highest BCUT2D eigenvalue weighted by atomic mass is 16.4. The van der Waals surface area contributed by atoms with E-state index in [0.717, 1.165) is 18.7 Å². The molecule has 0 aromatic carbocycles. The molecule has 2 aromatic heterocycles. The summed E-state index contributed by atoms with van der Waals surface area (Å²) >= 11 is 0. The Morgan fingerprint density at radius 2 is 2.26 bits per heavy atom. The molecular formula is C11H12N6O2. The number of fused-ring (bicyclic) bond motifs is 3. The number of rotatable bonds is 2. The van der Waals surface area contributed by atoms with E-state index in [0.29, 0.717) is 12.1 Å². The van der Waals surface area contributed by atoms with E-state index < -0.39 is 5.97 Å². The number of aliphatic carboxylic acids is 1. The molecule has 0 radical (unpaired) electrons. The van der Waals surface area contributed by atoms with Gasteiger partial charge in [-0.25, -0.2) is 0 Å². The Kier molecular flexibility index (Phi) is 2.03. The molecule has 4 heterocycles. The highest BCUT2D eigenvalue weighted by Crippen LogP contribution is 2.43. The summed E-state index contributed by atoms with van der Waals surface area (Å²) in [6.45, 7) is 0. The summed E-state index contributed by atoms with van der Waals surface area (Å²) in [5.41, 5.74) is 0.588. The average molecular weight is 260 g/mol. The van der Waals surface area contributed by atoms with Gasteiger partial charge in [0.15, 0.2) is 11.5 Å². The lowest BCUT2D eigenvalue weighted by atomic mass is 9.89. The van der Waals surface area contributed by atoms with E-state index in [1.54, 1.807) is 6.07 Å². The van der Waals surface area contributed by atoms with Gasteiger partial charge in [0.2, 0.25) is 0 Å². The van der Waals surface area contributed by atoms with Crippen LogP contribution in [0.3, 0.4) is 0 Å². The molecule has 2 aliphatic rings. The first-order valence-electron chi connectivity index (χ1n) is 6.30. The van der Waals surface area contributed by atoms with Gasteiger partial charge in [0.1, 0.15) is 0 Å². The molecule has 0 saturated carbocycles. The van der Waals surface area contributed by atoms with E-state index in [9.17, 15) is 9.90 Å².